The Bertz CT molecular complexity index is 476. The van der Waals surface area contributed by atoms with E-state index in [1.165, 1.54) is 0 Å². The van der Waals surface area contributed by atoms with Gasteiger partial charge in [0, 0.05) is 25.8 Å². The average molecular weight is 274 g/mol. The number of ether oxygens (including phenoxy) is 2. The molecule has 0 aromatic heterocycles. The third kappa shape index (κ3) is 3.72. The molecule has 108 valence electrons. The predicted octanol–water partition coefficient (Wildman–Crippen LogP) is 2.47. The molecule has 0 amide bonds. The Morgan fingerprint density at radius 1 is 1.45 bits per heavy atom. The van der Waals surface area contributed by atoms with Gasteiger partial charge in [0.25, 0.3) is 0 Å². The van der Waals surface area contributed by atoms with Crippen molar-refractivity contribution in [3.8, 4) is 11.8 Å². The molecule has 1 saturated heterocycles. The van der Waals surface area contributed by atoms with E-state index in [4.69, 9.17) is 14.7 Å². The topological polar surface area (TPSA) is 54.3 Å². The molecule has 1 heterocycles. The van der Waals surface area contributed by atoms with Crippen molar-refractivity contribution in [2.75, 3.05) is 20.3 Å². The summed E-state index contributed by atoms with van der Waals surface area (Å²) >= 11 is 0. The summed E-state index contributed by atoms with van der Waals surface area (Å²) in [4.78, 5) is 0. The van der Waals surface area contributed by atoms with E-state index in [1.807, 2.05) is 18.2 Å². The number of nitrogens with one attached hydrogen (secondary N) is 1. The molecule has 1 aliphatic rings. The average Bonchev–Trinajstić information content (AvgIpc) is 2.53. The summed E-state index contributed by atoms with van der Waals surface area (Å²) in [5, 5.41) is 12.6. The second-order valence-corrected chi connectivity index (χ2v) is 5.27. The van der Waals surface area contributed by atoms with Crippen molar-refractivity contribution in [1.82, 2.24) is 5.32 Å². The normalized spacial score (nSPS) is 17.4. The van der Waals surface area contributed by atoms with Crippen molar-refractivity contribution in [2.24, 2.45) is 5.92 Å². The lowest BCUT2D eigenvalue weighted by Crippen LogP contribution is -2.36. The molecule has 1 aromatic carbocycles. The van der Waals surface area contributed by atoms with Crippen LogP contribution in [0, 0.1) is 17.2 Å². The summed E-state index contributed by atoms with van der Waals surface area (Å²) < 4.78 is 10.5. The lowest BCUT2D eigenvalue weighted by atomic mass is 9.93. The quantitative estimate of drug-likeness (QED) is 0.896. The van der Waals surface area contributed by atoms with Crippen LogP contribution in [0.1, 0.15) is 30.9 Å². The van der Waals surface area contributed by atoms with Crippen LogP contribution in [-0.4, -0.2) is 26.4 Å². The smallest absolute Gasteiger partial charge is 0.136 e. The fourth-order valence-electron chi connectivity index (χ4n) is 2.61. The maximum Gasteiger partial charge on any atom is 0.136 e. The van der Waals surface area contributed by atoms with E-state index in [0.29, 0.717) is 23.3 Å². The summed E-state index contributed by atoms with van der Waals surface area (Å²) in [7, 11) is 1.58. The van der Waals surface area contributed by atoms with Crippen molar-refractivity contribution in [2.45, 2.75) is 32.4 Å². The highest BCUT2D eigenvalue weighted by Gasteiger charge is 2.19. The van der Waals surface area contributed by atoms with Gasteiger partial charge in [-0.25, -0.2) is 0 Å². The minimum absolute atomic E-state index is 0.464. The molecular formula is C16H22N2O2. The summed E-state index contributed by atoms with van der Waals surface area (Å²) in [6.07, 6.45) is 2.25. The molecule has 0 saturated carbocycles. The Labute approximate surface area is 120 Å². The third-order valence-electron chi connectivity index (χ3n) is 3.99. The SMILES string of the molecule is COc1ccc(CNC(C)C2CCOCC2)cc1C#N. The van der Waals surface area contributed by atoms with Crippen LogP contribution in [0.3, 0.4) is 0 Å². The van der Waals surface area contributed by atoms with Crippen LogP contribution in [0.5, 0.6) is 5.75 Å². The Morgan fingerprint density at radius 3 is 2.85 bits per heavy atom. The molecule has 0 aliphatic carbocycles. The zero-order valence-corrected chi connectivity index (χ0v) is 12.2. The van der Waals surface area contributed by atoms with Crippen LogP contribution in [0.4, 0.5) is 0 Å². The molecule has 1 N–H and O–H groups in total. The molecule has 4 nitrogen and oxygen atoms in total. The molecule has 1 unspecified atom stereocenters. The number of nitrogens with zero attached hydrogens (tertiary/aromatic N) is 1. The lowest BCUT2D eigenvalue weighted by molar-refractivity contribution is 0.0558. The van der Waals surface area contributed by atoms with Crippen LogP contribution in [-0.2, 0) is 11.3 Å². The molecule has 0 spiro atoms. The maximum atomic E-state index is 9.09. The largest absolute Gasteiger partial charge is 0.495 e. The van der Waals surface area contributed by atoms with Gasteiger partial charge in [-0.1, -0.05) is 6.07 Å². The fraction of sp³-hybridized carbons (Fsp3) is 0.562. The van der Waals surface area contributed by atoms with Gasteiger partial charge in [0.15, 0.2) is 0 Å². The van der Waals surface area contributed by atoms with Crippen molar-refractivity contribution < 1.29 is 9.47 Å². The molecule has 1 aliphatic heterocycles. The first kappa shape index (κ1) is 14.8. The van der Waals surface area contributed by atoms with E-state index in [1.54, 1.807) is 7.11 Å². The van der Waals surface area contributed by atoms with Gasteiger partial charge in [-0.3, -0.25) is 0 Å². The Hall–Kier alpha value is -1.57. The van der Waals surface area contributed by atoms with Gasteiger partial charge in [-0.2, -0.15) is 5.26 Å². The van der Waals surface area contributed by atoms with Gasteiger partial charge in [0.1, 0.15) is 11.8 Å². The number of hydrogen-bond donors (Lipinski definition) is 1. The van der Waals surface area contributed by atoms with Gasteiger partial charge in [-0.15, -0.1) is 0 Å². The number of hydrogen-bond acceptors (Lipinski definition) is 4. The highest BCUT2D eigenvalue weighted by atomic mass is 16.5. The van der Waals surface area contributed by atoms with E-state index in [9.17, 15) is 0 Å². The van der Waals surface area contributed by atoms with Crippen molar-refractivity contribution in [3.63, 3.8) is 0 Å². The summed E-state index contributed by atoms with van der Waals surface area (Å²) in [6, 6.07) is 8.38. The zero-order chi connectivity index (χ0) is 14.4. The van der Waals surface area contributed by atoms with E-state index in [0.717, 1.165) is 38.2 Å². The van der Waals surface area contributed by atoms with Gasteiger partial charge < -0.3 is 14.8 Å². The van der Waals surface area contributed by atoms with E-state index < -0.39 is 0 Å². The molecule has 0 radical (unpaired) electrons. The number of nitriles is 1. The van der Waals surface area contributed by atoms with Crippen LogP contribution in [0.15, 0.2) is 18.2 Å². The number of methoxy groups -OCH3 is 1. The Morgan fingerprint density at radius 2 is 2.20 bits per heavy atom. The maximum absolute atomic E-state index is 9.09. The summed E-state index contributed by atoms with van der Waals surface area (Å²) in [5.74, 6) is 1.31. The third-order valence-corrected chi connectivity index (χ3v) is 3.99. The minimum atomic E-state index is 0.464. The van der Waals surface area contributed by atoms with Crippen LogP contribution >= 0.6 is 0 Å². The fourth-order valence-corrected chi connectivity index (χ4v) is 2.61. The van der Waals surface area contributed by atoms with Crippen LogP contribution in [0.25, 0.3) is 0 Å². The van der Waals surface area contributed by atoms with E-state index in [-0.39, 0.29) is 0 Å². The number of rotatable bonds is 5. The Balaban J connectivity index is 1.91. The highest BCUT2D eigenvalue weighted by molar-refractivity contribution is 5.45. The minimum Gasteiger partial charge on any atom is -0.495 e. The first-order valence-electron chi connectivity index (χ1n) is 7.12. The van der Waals surface area contributed by atoms with Crippen LogP contribution < -0.4 is 10.1 Å². The molecule has 20 heavy (non-hydrogen) atoms. The lowest BCUT2D eigenvalue weighted by Gasteiger charge is -2.28. The first-order valence-corrected chi connectivity index (χ1v) is 7.12. The van der Waals surface area contributed by atoms with Gasteiger partial charge in [-0.05, 0) is 43.4 Å². The molecule has 1 fully saturated rings. The molecule has 2 rings (SSSR count). The van der Waals surface area contributed by atoms with Crippen molar-refractivity contribution in [3.05, 3.63) is 29.3 Å². The van der Waals surface area contributed by atoms with Gasteiger partial charge in [0.2, 0.25) is 0 Å². The highest BCUT2D eigenvalue weighted by Crippen LogP contribution is 2.21. The molecular weight excluding hydrogens is 252 g/mol. The second kappa shape index (κ2) is 7.28. The van der Waals surface area contributed by atoms with E-state index >= 15 is 0 Å². The standard InChI is InChI=1S/C16H22N2O2/c1-12(14-5-7-20-8-6-14)18-11-13-3-4-16(19-2)15(9-13)10-17/h3-4,9,12,14,18H,5-8,11H2,1-2H3. The van der Waals surface area contributed by atoms with Crippen LogP contribution in [0.2, 0.25) is 0 Å². The molecule has 1 atom stereocenters. The number of benzene rings is 1. The Kier molecular flexibility index (Phi) is 5.40. The van der Waals surface area contributed by atoms with E-state index in [2.05, 4.69) is 18.3 Å². The zero-order valence-electron chi connectivity index (χ0n) is 12.2. The van der Waals surface area contributed by atoms with Crippen molar-refractivity contribution in [1.29, 1.82) is 5.26 Å². The molecule has 4 heteroatoms. The second-order valence-electron chi connectivity index (χ2n) is 5.27. The monoisotopic (exact) mass is 274 g/mol. The van der Waals surface area contributed by atoms with Gasteiger partial charge >= 0.3 is 0 Å². The summed E-state index contributed by atoms with van der Waals surface area (Å²) in [6.45, 7) is 4.75. The summed E-state index contributed by atoms with van der Waals surface area (Å²) in [5.41, 5.74) is 1.70. The van der Waals surface area contributed by atoms with Gasteiger partial charge in [0.05, 0.1) is 12.7 Å². The predicted molar refractivity (Wildman–Crippen MR) is 77.6 cm³/mol. The molecule has 1 aromatic rings. The molecule has 0 bridgehead atoms. The first-order chi connectivity index (χ1) is 9.74. The van der Waals surface area contributed by atoms with Crippen molar-refractivity contribution >= 4 is 0 Å².